The number of anilines is 1. The summed E-state index contributed by atoms with van der Waals surface area (Å²) in [6.07, 6.45) is 3.30. The molecule has 0 amide bonds. The second-order valence-electron chi connectivity index (χ2n) is 6.49. The molecule has 0 saturated carbocycles. The van der Waals surface area contributed by atoms with Gasteiger partial charge >= 0.3 is 5.69 Å². The molecular formula is C19H18ClN5O2. The highest BCUT2D eigenvalue weighted by Crippen LogP contribution is 2.35. The molecule has 7 nitrogen and oxygen atoms in total. The first kappa shape index (κ1) is 17.6. The van der Waals surface area contributed by atoms with Crippen LogP contribution in [0.2, 0.25) is 5.02 Å². The van der Waals surface area contributed by atoms with Crippen molar-refractivity contribution in [2.24, 2.45) is 0 Å². The van der Waals surface area contributed by atoms with Crippen molar-refractivity contribution in [2.75, 3.05) is 31.1 Å². The molecule has 0 spiro atoms. The number of rotatable bonds is 4. The molecule has 8 heteroatoms. The minimum atomic E-state index is -0.302. The third-order valence-electron chi connectivity index (χ3n) is 4.81. The molecule has 4 rings (SSSR count). The lowest BCUT2D eigenvalue weighted by atomic mass is 10.1. The van der Waals surface area contributed by atoms with E-state index in [9.17, 15) is 10.1 Å². The van der Waals surface area contributed by atoms with Gasteiger partial charge in [-0.05, 0) is 36.4 Å². The maximum Gasteiger partial charge on any atom is 0.301 e. The number of nitrogens with zero attached hydrogens (tertiary/aromatic N) is 5. The second-order valence-corrected chi connectivity index (χ2v) is 6.93. The molecule has 0 N–H and O–H groups in total. The van der Waals surface area contributed by atoms with Crippen LogP contribution in [0.1, 0.15) is 5.69 Å². The first-order valence-corrected chi connectivity index (χ1v) is 9.09. The van der Waals surface area contributed by atoms with E-state index in [4.69, 9.17) is 11.6 Å². The summed E-state index contributed by atoms with van der Waals surface area (Å²) in [5.74, 6) is 0. The zero-order valence-corrected chi connectivity index (χ0v) is 15.3. The van der Waals surface area contributed by atoms with Crippen LogP contribution in [0.5, 0.6) is 0 Å². The summed E-state index contributed by atoms with van der Waals surface area (Å²) in [6.45, 7) is 3.81. The maximum atomic E-state index is 11.7. The number of hydrogen-bond acceptors (Lipinski definition) is 6. The van der Waals surface area contributed by atoms with Gasteiger partial charge in [-0.15, -0.1) is 0 Å². The SMILES string of the molecule is O=[N+]([O-])c1c(N2CCN(Cc3ccc(Cl)cn3)CC2)ccc2ncccc12. The Morgan fingerprint density at radius 1 is 1.07 bits per heavy atom. The van der Waals surface area contributed by atoms with Gasteiger partial charge in [-0.1, -0.05) is 11.6 Å². The first-order valence-electron chi connectivity index (χ1n) is 8.72. The highest BCUT2D eigenvalue weighted by Gasteiger charge is 2.26. The van der Waals surface area contributed by atoms with E-state index in [0.717, 1.165) is 38.4 Å². The van der Waals surface area contributed by atoms with E-state index < -0.39 is 0 Å². The number of halogens is 1. The molecule has 1 aliphatic heterocycles. The highest BCUT2D eigenvalue weighted by atomic mass is 35.5. The predicted molar refractivity (Wildman–Crippen MR) is 105 cm³/mol. The molecule has 1 aliphatic rings. The van der Waals surface area contributed by atoms with E-state index in [2.05, 4.69) is 19.8 Å². The minimum Gasteiger partial charge on any atom is -0.363 e. The first-order chi connectivity index (χ1) is 13.1. The lowest BCUT2D eigenvalue weighted by Gasteiger charge is -2.35. The smallest absolute Gasteiger partial charge is 0.301 e. The van der Waals surface area contributed by atoms with E-state index in [1.54, 1.807) is 24.5 Å². The Hall–Kier alpha value is -2.77. The number of benzene rings is 1. The van der Waals surface area contributed by atoms with Crippen molar-refractivity contribution < 1.29 is 4.92 Å². The van der Waals surface area contributed by atoms with Crippen molar-refractivity contribution in [3.8, 4) is 0 Å². The zero-order chi connectivity index (χ0) is 18.8. The zero-order valence-electron chi connectivity index (χ0n) is 14.6. The molecule has 3 aromatic rings. The van der Waals surface area contributed by atoms with Gasteiger partial charge < -0.3 is 4.90 Å². The molecule has 0 bridgehead atoms. The summed E-state index contributed by atoms with van der Waals surface area (Å²) >= 11 is 5.88. The van der Waals surface area contributed by atoms with Gasteiger partial charge in [-0.3, -0.25) is 25.0 Å². The summed E-state index contributed by atoms with van der Waals surface area (Å²) in [5, 5.41) is 12.9. The molecule has 27 heavy (non-hydrogen) atoms. The Labute approximate surface area is 161 Å². The molecule has 3 heterocycles. The van der Waals surface area contributed by atoms with Gasteiger partial charge in [0.25, 0.3) is 0 Å². The number of nitro benzene ring substituents is 1. The van der Waals surface area contributed by atoms with E-state index in [1.165, 1.54) is 0 Å². The Balaban J connectivity index is 1.52. The molecule has 0 radical (unpaired) electrons. The van der Waals surface area contributed by atoms with Crippen molar-refractivity contribution in [1.82, 2.24) is 14.9 Å². The molecule has 2 aromatic heterocycles. The maximum absolute atomic E-state index is 11.7. The van der Waals surface area contributed by atoms with Gasteiger partial charge in [-0.2, -0.15) is 0 Å². The standard InChI is InChI=1S/C19H18ClN5O2/c20-14-3-4-15(22-12-14)13-23-8-10-24(11-9-23)18-6-5-17-16(2-1-7-21-17)19(18)25(26)27/h1-7,12H,8-11,13H2. The molecular weight excluding hydrogens is 366 g/mol. The van der Waals surface area contributed by atoms with Crippen LogP contribution in [0.15, 0.2) is 48.8 Å². The van der Waals surface area contributed by atoms with Crippen LogP contribution in [0.3, 0.4) is 0 Å². The summed E-state index contributed by atoms with van der Waals surface area (Å²) in [6, 6.07) is 10.9. The van der Waals surface area contributed by atoms with E-state index in [1.807, 2.05) is 24.3 Å². The average Bonchev–Trinajstić information content (AvgIpc) is 2.69. The van der Waals surface area contributed by atoms with E-state index >= 15 is 0 Å². The normalized spacial score (nSPS) is 15.2. The van der Waals surface area contributed by atoms with Crippen molar-refractivity contribution in [3.63, 3.8) is 0 Å². The van der Waals surface area contributed by atoms with Crippen molar-refractivity contribution >= 4 is 33.9 Å². The molecule has 0 unspecified atom stereocenters. The van der Waals surface area contributed by atoms with Crippen LogP contribution in [0, 0.1) is 10.1 Å². The Morgan fingerprint density at radius 3 is 2.59 bits per heavy atom. The van der Waals surface area contributed by atoms with E-state index in [-0.39, 0.29) is 10.6 Å². The number of nitro groups is 1. The van der Waals surface area contributed by atoms with E-state index in [0.29, 0.717) is 21.6 Å². The number of hydrogen-bond donors (Lipinski definition) is 0. The summed E-state index contributed by atoms with van der Waals surface area (Å²) in [7, 11) is 0. The van der Waals surface area contributed by atoms with Crippen LogP contribution in [-0.2, 0) is 6.54 Å². The van der Waals surface area contributed by atoms with Crippen molar-refractivity contribution in [1.29, 1.82) is 0 Å². The topological polar surface area (TPSA) is 75.4 Å². The fraction of sp³-hybridized carbons (Fsp3) is 0.263. The summed E-state index contributed by atoms with van der Waals surface area (Å²) < 4.78 is 0. The number of piperazine rings is 1. The average molecular weight is 384 g/mol. The third kappa shape index (κ3) is 3.70. The monoisotopic (exact) mass is 383 g/mol. The number of aromatic nitrogens is 2. The third-order valence-corrected chi connectivity index (χ3v) is 5.03. The van der Waals surface area contributed by atoms with Crippen LogP contribution >= 0.6 is 11.6 Å². The molecule has 138 valence electrons. The molecule has 1 fully saturated rings. The number of pyridine rings is 2. The van der Waals surface area contributed by atoms with Gasteiger partial charge in [0.05, 0.1) is 26.5 Å². The Kier molecular flexibility index (Phi) is 4.87. The molecule has 1 saturated heterocycles. The van der Waals surface area contributed by atoms with Crippen molar-refractivity contribution in [3.05, 3.63) is 69.6 Å². The van der Waals surface area contributed by atoms with Gasteiger partial charge in [0.1, 0.15) is 5.69 Å². The predicted octanol–water partition coefficient (Wildman–Crippen LogP) is 3.51. The van der Waals surface area contributed by atoms with Gasteiger partial charge in [0.15, 0.2) is 0 Å². The minimum absolute atomic E-state index is 0.133. The fourth-order valence-corrected chi connectivity index (χ4v) is 3.56. The van der Waals surface area contributed by atoms with Gasteiger partial charge in [-0.25, -0.2) is 0 Å². The second kappa shape index (κ2) is 7.46. The lowest BCUT2D eigenvalue weighted by molar-refractivity contribution is -0.382. The molecule has 0 aliphatic carbocycles. The van der Waals surface area contributed by atoms with Gasteiger partial charge in [0, 0.05) is 45.1 Å². The molecule has 1 aromatic carbocycles. The van der Waals surface area contributed by atoms with Crippen LogP contribution in [0.4, 0.5) is 11.4 Å². The Bertz CT molecular complexity index is 972. The van der Waals surface area contributed by atoms with Crippen LogP contribution < -0.4 is 4.90 Å². The largest absolute Gasteiger partial charge is 0.363 e. The summed E-state index contributed by atoms with van der Waals surface area (Å²) in [4.78, 5) is 24.4. The highest BCUT2D eigenvalue weighted by molar-refractivity contribution is 6.30. The fourth-order valence-electron chi connectivity index (χ4n) is 3.45. The van der Waals surface area contributed by atoms with Crippen molar-refractivity contribution in [2.45, 2.75) is 6.54 Å². The van der Waals surface area contributed by atoms with Gasteiger partial charge in [0.2, 0.25) is 0 Å². The molecule has 0 atom stereocenters. The van der Waals surface area contributed by atoms with Crippen LogP contribution in [-0.4, -0.2) is 46.0 Å². The van der Waals surface area contributed by atoms with Crippen LogP contribution in [0.25, 0.3) is 10.9 Å². The lowest BCUT2D eigenvalue weighted by Crippen LogP contribution is -2.46. The summed E-state index contributed by atoms with van der Waals surface area (Å²) in [5.41, 5.74) is 2.40. The number of fused-ring (bicyclic) bond motifs is 1. The quantitative estimate of drug-likeness (QED) is 0.507. The Morgan fingerprint density at radius 2 is 1.89 bits per heavy atom.